The number of nitrogens with zero attached hydrogens (tertiary/aromatic N) is 1. The molecule has 3 nitrogen and oxygen atoms in total. The number of nitrogen functional groups attached to an aromatic ring is 1. The standard InChI is InChI=1S/C13H15ClN2O/c14-10-6-9-2-1-5-16(12(9)11(15)7-10)13(17)8-3-4-8/h6-8H,1-5,15H2. The Bertz CT molecular complexity index is 483. The van der Waals surface area contributed by atoms with Crippen LogP contribution in [0.3, 0.4) is 0 Å². The van der Waals surface area contributed by atoms with E-state index in [0.29, 0.717) is 10.7 Å². The van der Waals surface area contributed by atoms with Gasteiger partial charge in [0.1, 0.15) is 0 Å². The van der Waals surface area contributed by atoms with Crippen LogP contribution in [0, 0.1) is 5.92 Å². The van der Waals surface area contributed by atoms with Gasteiger partial charge in [-0.1, -0.05) is 11.6 Å². The van der Waals surface area contributed by atoms with Gasteiger partial charge in [-0.2, -0.15) is 0 Å². The Kier molecular flexibility index (Phi) is 2.51. The minimum atomic E-state index is 0.232. The molecule has 1 aromatic rings. The average Bonchev–Trinajstić information content (AvgIpc) is 3.10. The van der Waals surface area contributed by atoms with Gasteiger partial charge in [-0.25, -0.2) is 0 Å². The summed E-state index contributed by atoms with van der Waals surface area (Å²) in [6.07, 6.45) is 4.00. The van der Waals surface area contributed by atoms with Gasteiger partial charge in [-0.15, -0.1) is 0 Å². The Morgan fingerprint density at radius 3 is 2.88 bits per heavy atom. The third kappa shape index (κ3) is 1.89. The molecule has 0 radical (unpaired) electrons. The van der Waals surface area contributed by atoms with Crippen LogP contribution >= 0.6 is 11.6 Å². The van der Waals surface area contributed by atoms with Crippen molar-refractivity contribution in [3.05, 3.63) is 22.7 Å². The molecule has 4 heteroatoms. The molecule has 1 amide bonds. The van der Waals surface area contributed by atoms with Crippen molar-refractivity contribution in [2.75, 3.05) is 17.2 Å². The van der Waals surface area contributed by atoms with E-state index in [4.69, 9.17) is 17.3 Å². The fourth-order valence-electron chi connectivity index (χ4n) is 2.51. The molecule has 90 valence electrons. The summed E-state index contributed by atoms with van der Waals surface area (Å²) in [7, 11) is 0. The lowest BCUT2D eigenvalue weighted by molar-refractivity contribution is -0.119. The zero-order valence-corrected chi connectivity index (χ0v) is 10.3. The Hall–Kier alpha value is -1.22. The normalized spacial score (nSPS) is 19.0. The molecule has 3 rings (SSSR count). The molecule has 1 aliphatic carbocycles. The average molecular weight is 251 g/mol. The summed E-state index contributed by atoms with van der Waals surface area (Å²) in [5.41, 5.74) is 8.65. The van der Waals surface area contributed by atoms with Crippen LogP contribution < -0.4 is 10.6 Å². The monoisotopic (exact) mass is 250 g/mol. The summed E-state index contributed by atoms with van der Waals surface area (Å²) < 4.78 is 0. The SMILES string of the molecule is Nc1cc(Cl)cc2c1N(C(=O)C1CC1)CCC2. The van der Waals surface area contributed by atoms with Crippen LogP contribution in [0.25, 0.3) is 0 Å². The third-order valence-corrected chi connectivity index (χ3v) is 3.69. The lowest BCUT2D eigenvalue weighted by atomic mass is 10.00. The predicted octanol–water partition coefficient (Wildman–Crippen LogP) is 2.61. The molecule has 2 N–H and O–H groups in total. The second-order valence-corrected chi connectivity index (χ2v) is 5.31. The van der Waals surface area contributed by atoms with Crippen molar-refractivity contribution in [2.24, 2.45) is 5.92 Å². The zero-order chi connectivity index (χ0) is 12.0. The Morgan fingerprint density at radius 1 is 1.41 bits per heavy atom. The minimum absolute atomic E-state index is 0.232. The van der Waals surface area contributed by atoms with Crippen molar-refractivity contribution in [1.29, 1.82) is 0 Å². The number of rotatable bonds is 1. The van der Waals surface area contributed by atoms with Crippen LogP contribution in [-0.4, -0.2) is 12.5 Å². The van der Waals surface area contributed by atoms with Crippen LogP contribution in [-0.2, 0) is 11.2 Å². The first-order valence-corrected chi connectivity index (χ1v) is 6.44. The third-order valence-electron chi connectivity index (χ3n) is 3.47. The van der Waals surface area contributed by atoms with Crippen molar-refractivity contribution in [1.82, 2.24) is 0 Å². The number of anilines is 2. The van der Waals surface area contributed by atoms with Gasteiger partial charge in [0.15, 0.2) is 0 Å². The van der Waals surface area contributed by atoms with Gasteiger partial charge >= 0.3 is 0 Å². The Morgan fingerprint density at radius 2 is 2.18 bits per heavy atom. The highest BCUT2D eigenvalue weighted by Gasteiger charge is 2.36. The molecule has 1 fully saturated rings. The van der Waals surface area contributed by atoms with E-state index in [9.17, 15) is 4.79 Å². The number of halogens is 1. The molecule has 17 heavy (non-hydrogen) atoms. The fraction of sp³-hybridized carbons (Fsp3) is 0.462. The number of benzene rings is 1. The van der Waals surface area contributed by atoms with E-state index in [-0.39, 0.29) is 11.8 Å². The van der Waals surface area contributed by atoms with Crippen molar-refractivity contribution >= 4 is 28.9 Å². The van der Waals surface area contributed by atoms with Crippen molar-refractivity contribution in [3.8, 4) is 0 Å². The number of hydrogen-bond donors (Lipinski definition) is 1. The van der Waals surface area contributed by atoms with Crippen LogP contribution in [0.2, 0.25) is 5.02 Å². The van der Waals surface area contributed by atoms with Gasteiger partial charge in [0.2, 0.25) is 5.91 Å². The van der Waals surface area contributed by atoms with Gasteiger partial charge < -0.3 is 10.6 Å². The molecular formula is C13H15ClN2O. The van der Waals surface area contributed by atoms with Gasteiger partial charge in [-0.3, -0.25) is 4.79 Å². The van der Waals surface area contributed by atoms with Gasteiger partial charge in [0.05, 0.1) is 11.4 Å². The molecule has 0 atom stereocenters. The molecule has 2 aliphatic rings. The second kappa shape index (κ2) is 3.91. The molecule has 1 aliphatic heterocycles. The fourth-order valence-corrected chi connectivity index (χ4v) is 2.76. The quantitative estimate of drug-likeness (QED) is 0.779. The zero-order valence-electron chi connectivity index (χ0n) is 9.58. The smallest absolute Gasteiger partial charge is 0.230 e. The minimum Gasteiger partial charge on any atom is -0.397 e. The summed E-state index contributed by atoms with van der Waals surface area (Å²) in [5, 5.41) is 0.655. The van der Waals surface area contributed by atoms with Crippen molar-refractivity contribution in [2.45, 2.75) is 25.7 Å². The predicted molar refractivity (Wildman–Crippen MR) is 69.3 cm³/mol. The maximum absolute atomic E-state index is 12.2. The number of hydrogen-bond acceptors (Lipinski definition) is 2. The maximum Gasteiger partial charge on any atom is 0.230 e. The molecule has 0 saturated heterocycles. The molecule has 0 spiro atoms. The number of carbonyl (C=O) groups is 1. The van der Waals surface area contributed by atoms with Crippen molar-refractivity contribution < 1.29 is 4.79 Å². The number of fused-ring (bicyclic) bond motifs is 1. The number of amides is 1. The summed E-state index contributed by atoms with van der Waals surface area (Å²) in [6, 6.07) is 3.67. The largest absolute Gasteiger partial charge is 0.397 e. The highest BCUT2D eigenvalue weighted by molar-refractivity contribution is 6.31. The Balaban J connectivity index is 2.03. The molecule has 0 bridgehead atoms. The van der Waals surface area contributed by atoms with Crippen LogP contribution in [0.15, 0.2) is 12.1 Å². The van der Waals surface area contributed by atoms with E-state index in [1.165, 1.54) is 0 Å². The molecule has 0 unspecified atom stereocenters. The molecule has 0 aromatic heterocycles. The highest BCUT2D eigenvalue weighted by Crippen LogP contribution is 2.39. The van der Waals surface area contributed by atoms with Crippen LogP contribution in [0.5, 0.6) is 0 Å². The van der Waals surface area contributed by atoms with E-state index in [2.05, 4.69) is 0 Å². The summed E-state index contributed by atoms with van der Waals surface area (Å²) in [5.74, 6) is 0.469. The van der Waals surface area contributed by atoms with Gasteiger partial charge in [-0.05, 0) is 43.4 Å². The lowest BCUT2D eigenvalue weighted by Crippen LogP contribution is -2.37. The number of carbonyl (C=O) groups excluding carboxylic acids is 1. The van der Waals surface area contributed by atoms with Crippen LogP contribution in [0.4, 0.5) is 11.4 Å². The number of aryl methyl sites for hydroxylation is 1. The van der Waals surface area contributed by atoms with Crippen molar-refractivity contribution in [3.63, 3.8) is 0 Å². The first kappa shape index (κ1) is 10.9. The molecular weight excluding hydrogens is 236 g/mol. The Labute approximate surface area is 106 Å². The molecule has 1 heterocycles. The van der Waals surface area contributed by atoms with E-state index < -0.39 is 0 Å². The highest BCUT2D eigenvalue weighted by atomic mass is 35.5. The first-order valence-electron chi connectivity index (χ1n) is 6.06. The van der Waals surface area contributed by atoms with E-state index >= 15 is 0 Å². The number of nitrogens with two attached hydrogens (primary N) is 1. The maximum atomic E-state index is 12.2. The summed E-state index contributed by atoms with van der Waals surface area (Å²) in [4.78, 5) is 14.1. The first-order chi connectivity index (χ1) is 8.16. The summed E-state index contributed by atoms with van der Waals surface area (Å²) in [6.45, 7) is 0.786. The van der Waals surface area contributed by atoms with E-state index in [1.807, 2.05) is 11.0 Å². The van der Waals surface area contributed by atoms with Gasteiger partial charge in [0, 0.05) is 17.5 Å². The summed E-state index contributed by atoms with van der Waals surface area (Å²) >= 11 is 6.00. The molecule has 1 aromatic carbocycles. The van der Waals surface area contributed by atoms with Gasteiger partial charge in [0.25, 0.3) is 0 Å². The lowest BCUT2D eigenvalue weighted by Gasteiger charge is -2.31. The van der Waals surface area contributed by atoms with Crippen LogP contribution in [0.1, 0.15) is 24.8 Å². The second-order valence-electron chi connectivity index (χ2n) is 4.87. The molecule has 1 saturated carbocycles. The topological polar surface area (TPSA) is 46.3 Å². The van der Waals surface area contributed by atoms with E-state index in [1.54, 1.807) is 6.07 Å². The van der Waals surface area contributed by atoms with E-state index in [0.717, 1.165) is 43.5 Å².